The summed E-state index contributed by atoms with van der Waals surface area (Å²) in [4.78, 5) is 0. The Morgan fingerprint density at radius 3 is 2.62 bits per heavy atom. The van der Waals surface area contributed by atoms with Crippen molar-refractivity contribution in [3.05, 3.63) is 12.3 Å². The number of ether oxygens (including phenoxy) is 1. The van der Waals surface area contributed by atoms with Crippen molar-refractivity contribution in [3.8, 4) is 0 Å². The van der Waals surface area contributed by atoms with E-state index in [-0.39, 0.29) is 0 Å². The van der Waals surface area contributed by atoms with Crippen molar-refractivity contribution in [2.75, 3.05) is 6.61 Å². The summed E-state index contributed by atoms with van der Waals surface area (Å²) < 4.78 is 7.12. The van der Waals surface area contributed by atoms with Gasteiger partial charge in [-0.05, 0) is 13.0 Å². The summed E-state index contributed by atoms with van der Waals surface area (Å²) in [6.07, 6.45) is 1.99. The van der Waals surface area contributed by atoms with Crippen LogP contribution in [0.5, 0.6) is 0 Å². The van der Waals surface area contributed by atoms with Gasteiger partial charge in [0.2, 0.25) is 0 Å². The second-order valence-electron chi connectivity index (χ2n) is 4.11. The standard InChI is InChI=1S/C9H18N2OSi/c1-5-12-8-11-7-6-9(10-11)13(2,3)4/h6-7H,5,8H2,1-4H3. The molecule has 0 aliphatic rings. The summed E-state index contributed by atoms with van der Waals surface area (Å²) in [5.41, 5.74) is 0. The van der Waals surface area contributed by atoms with Crippen molar-refractivity contribution in [1.82, 2.24) is 9.78 Å². The van der Waals surface area contributed by atoms with Crippen LogP contribution in [0.1, 0.15) is 6.92 Å². The zero-order valence-corrected chi connectivity index (χ0v) is 9.87. The van der Waals surface area contributed by atoms with Crippen LogP contribution in [0.15, 0.2) is 12.3 Å². The van der Waals surface area contributed by atoms with Crippen LogP contribution in [0.4, 0.5) is 0 Å². The molecule has 0 N–H and O–H groups in total. The van der Waals surface area contributed by atoms with E-state index in [4.69, 9.17) is 4.74 Å². The fourth-order valence-electron chi connectivity index (χ4n) is 1.02. The van der Waals surface area contributed by atoms with E-state index in [1.165, 1.54) is 5.32 Å². The van der Waals surface area contributed by atoms with Crippen molar-refractivity contribution >= 4 is 13.4 Å². The Balaban J connectivity index is 2.64. The third-order valence-electron chi connectivity index (χ3n) is 1.84. The molecule has 0 unspecified atom stereocenters. The fraction of sp³-hybridized carbons (Fsp3) is 0.667. The number of nitrogens with zero attached hydrogens (tertiary/aromatic N) is 2. The van der Waals surface area contributed by atoms with Crippen molar-refractivity contribution < 1.29 is 4.74 Å². The van der Waals surface area contributed by atoms with E-state index in [1.807, 2.05) is 17.8 Å². The van der Waals surface area contributed by atoms with Gasteiger partial charge < -0.3 is 4.74 Å². The smallest absolute Gasteiger partial charge is 0.139 e. The highest BCUT2D eigenvalue weighted by atomic mass is 28.3. The summed E-state index contributed by atoms with van der Waals surface area (Å²) >= 11 is 0. The van der Waals surface area contributed by atoms with E-state index in [1.54, 1.807) is 0 Å². The molecule has 0 aliphatic heterocycles. The molecule has 0 amide bonds. The van der Waals surface area contributed by atoms with Gasteiger partial charge in [-0.3, -0.25) is 0 Å². The lowest BCUT2D eigenvalue weighted by molar-refractivity contribution is 0.0794. The molecule has 1 aromatic rings. The van der Waals surface area contributed by atoms with Crippen LogP contribution < -0.4 is 5.32 Å². The first-order valence-electron chi connectivity index (χ1n) is 4.65. The number of hydrogen-bond acceptors (Lipinski definition) is 2. The molecule has 0 spiro atoms. The summed E-state index contributed by atoms with van der Waals surface area (Å²) in [6.45, 7) is 10.2. The summed E-state index contributed by atoms with van der Waals surface area (Å²) in [5, 5.41) is 5.72. The van der Waals surface area contributed by atoms with Crippen molar-refractivity contribution in [3.63, 3.8) is 0 Å². The predicted molar refractivity (Wildman–Crippen MR) is 56.8 cm³/mol. The zero-order chi connectivity index (χ0) is 9.90. The molecule has 3 nitrogen and oxygen atoms in total. The molecule has 0 saturated carbocycles. The Morgan fingerprint density at radius 1 is 1.46 bits per heavy atom. The van der Waals surface area contributed by atoms with Crippen LogP contribution in [0.3, 0.4) is 0 Å². The second-order valence-corrected chi connectivity index (χ2v) is 9.12. The maximum Gasteiger partial charge on any atom is 0.139 e. The molecule has 0 atom stereocenters. The Hall–Kier alpha value is -0.613. The van der Waals surface area contributed by atoms with Gasteiger partial charge in [-0.15, -0.1) is 0 Å². The van der Waals surface area contributed by atoms with Gasteiger partial charge in [0.25, 0.3) is 0 Å². The van der Waals surface area contributed by atoms with E-state index in [0.29, 0.717) is 6.73 Å². The summed E-state index contributed by atoms with van der Waals surface area (Å²) in [6, 6.07) is 2.10. The molecule has 4 heteroatoms. The molecule has 74 valence electrons. The van der Waals surface area contributed by atoms with Gasteiger partial charge in [0, 0.05) is 18.1 Å². The Bertz CT molecular complexity index is 265. The first kappa shape index (κ1) is 10.5. The Morgan fingerprint density at radius 2 is 2.15 bits per heavy atom. The topological polar surface area (TPSA) is 27.1 Å². The molecule has 0 fully saturated rings. The minimum Gasteiger partial charge on any atom is -0.360 e. The van der Waals surface area contributed by atoms with E-state index in [0.717, 1.165) is 6.61 Å². The van der Waals surface area contributed by atoms with Crippen molar-refractivity contribution in [2.45, 2.75) is 33.3 Å². The average Bonchev–Trinajstić information content (AvgIpc) is 2.47. The quantitative estimate of drug-likeness (QED) is 0.684. The number of aromatic nitrogens is 2. The maximum atomic E-state index is 5.26. The molecule has 1 rings (SSSR count). The maximum absolute atomic E-state index is 5.26. The largest absolute Gasteiger partial charge is 0.360 e. The predicted octanol–water partition coefficient (Wildman–Crippen LogP) is 1.42. The summed E-state index contributed by atoms with van der Waals surface area (Å²) in [5.74, 6) is 0. The lowest BCUT2D eigenvalue weighted by Gasteiger charge is -2.11. The van der Waals surface area contributed by atoms with Crippen LogP contribution in [-0.4, -0.2) is 24.5 Å². The molecule has 0 aromatic carbocycles. The minimum absolute atomic E-state index is 0.570. The van der Waals surface area contributed by atoms with Crippen LogP contribution in [-0.2, 0) is 11.5 Å². The normalized spacial score (nSPS) is 12.0. The van der Waals surface area contributed by atoms with Crippen LogP contribution >= 0.6 is 0 Å². The molecule has 1 aromatic heterocycles. The fourth-order valence-corrected chi connectivity index (χ4v) is 2.02. The van der Waals surface area contributed by atoms with E-state index >= 15 is 0 Å². The highest BCUT2D eigenvalue weighted by Crippen LogP contribution is 1.99. The number of rotatable bonds is 4. The van der Waals surface area contributed by atoms with E-state index in [9.17, 15) is 0 Å². The van der Waals surface area contributed by atoms with Crippen LogP contribution in [0, 0.1) is 0 Å². The lowest BCUT2D eigenvalue weighted by Crippen LogP contribution is -2.39. The van der Waals surface area contributed by atoms with E-state index < -0.39 is 8.07 Å². The van der Waals surface area contributed by atoms with Crippen molar-refractivity contribution in [2.24, 2.45) is 0 Å². The Labute approximate surface area is 80.7 Å². The summed E-state index contributed by atoms with van der Waals surface area (Å²) in [7, 11) is -1.24. The molecular formula is C9H18N2OSi. The molecule has 13 heavy (non-hydrogen) atoms. The Kier molecular flexibility index (Phi) is 3.27. The molecule has 0 aliphatic carbocycles. The SMILES string of the molecule is CCOCn1ccc([Si](C)(C)C)n1. The second kappa shape index (κ2) is 4.06. The first-order valence-corrected chi connectivity index (χ1v) is 8.15. The van der Waals surface area contributed by atoms with Gasteiger partial charge >= 0.3 is 0 Å². The number of hydrogen-bond donors (Lipinski definition) is 0. The lowest BCUT2D eigenvalue weighted by atomic mass is 10.7. The molecular weight excluding hydrogens is 180 g/mol. The van der Waals surface area contributed by atoms with Gasteiger partial charge in [0.05, 0.1) is 0 Å². The minimum atomic E-state index is -1.24. The van der Waals surface area contributed by atoms with Gasteiger partial charge in [0.1, 0.15) is 14.8 Å². The highest BCUT2D eigenvalue weighted by Gasteiger charge is 2.19. The van der Waals surface area contributed by atoms with Gasteiger partial charge in [-0.1, -0.05) is 19.6 Å². The molecule has 0 radical (unpaired) electrons. The first-order chi connectivity index (χ1) is 6.04. The van der Waals surface area contributed by atoms with Gasteiger partial charge in [-0.25, -0.2) is 4.68 Å². The van der Waals surface area contributed by atoms with Crippen molar-refractivity contribution in [1.29, 1.82) is 0 Å². The van der Waals surface area contributed by atoms with E-state index in [2.05, 4.69) is 30.8 Å². The zero-order valence-electron chi connectivity index (χ0n) is 8.87. The third-order valence-corrected chi connectivity index (χ3v) is 3.64. The van der Waals surface area contributed by atoms with Gasteiger partial charge in [0.15, 0.2) is 0 Å². The molecule has 0 saturated heterocycles. The third kappa shape index (κ3) is 2.97. The van der Waals surface area contributed by atoms with Gasteiger partial charge in [-0.2, -0.15) is 5.10 Å². The highest BCUT2D eigenvalue weighted by molar-refractivity contribution is 6.88. The average molecular weight is 198 g/mol. The molecule has 1 heterocycles. The van der Waals surface area contributed by atoms with Crippen LogP contribution in [0.25, 0.3) is 0 Å². The van der Waals surface area contributed by atoms with Crippen LogP contribution in [0.2, 0.25) is 19.6 Å². The monoisotopic (exact) mass is 198 g/mol. The molecule has 0 bridgehead atoms.